The summed E-state index contributed by atoms with van der Waals surface area (Å²) in [6.45, 7) is 6.57. The van der Waals surface area contributed by atoms with Crippen LogP contribution < -0.4 is 30.2 Å². The van der Waals surface area contributed by atoms with Gasteiger partial charge >= 0.3 is 12.5 Å². The van der Waals surface area contributed by atoms with Gasteiger partial charge in [0.15, 0.2) is 11.5 Å². The van der Waals surface area contributed by atoms with E-state index in [-0.39, 0.29) is 65.0 Å². The first-order chi connectivity index (χ1) is 22.5. The number of amides is 2. The van der Waals surface area contributed by atoms with E-state index in [0.717, 1.165) is 44.5 Å². The third-order valence-corrected chi connectivity index (χ3v) is 10.5. The lowest BCUT2D eigenvalue weighted by Gasteiger charge is -2.74. The number of alkyl halides is 5. The molecule has 17 heteroatoms. The summed E-state index contributed by atoms with van der Waals surface area (Å²) >= 11 is 0. The fraction of sp³-hybridized carbons (Fsp3) is 0.613. The highest BCUT2D eigenvalue weighted by molar-refractivity contribution is 6.12. The largest absolute Gasteiger partial charge is 0.586 e. The average molecular weight is 681 g/mol. The zero-order valence-electron chi connectivity index (χ0n) is 26.1. The second-order valence-corrected chi connectivity index (χ2v) is 14.3. The van der Waals surface area contributed by atoms with Crippen LogP contribution in [0.4, 0.5) is 33.5 Å². The lowest BCUT2D eigenvalue weighted by atomic mass is 9.39. The maximum Gasteiger partial charge on any atom is 0.586 e. The molecule has 0 spiro atoms. The molecular formula is C31H33F5N6O6. The molecule has 1 saturated heterocycles. The summed E-state index contributed by atoms with van der Waals surface area (Å²) in [5.74, 6) is -2.45. The smallest absolute Gasteiger partial charge is 0.474 e. The number of morpholine rings is 1. The monoisotopic (exact) mass is 680 g/mol. The Kier molecular flexibility index (Phi) is 6.54. The first-order valence-corrected chi connectivity index (χ1v) is 15.8. The van der Waals surface area contributed by atoms with Crippen molar-refractivity contribution in [1.82, 2.24) is 20.2 Å². The van der Waals surface area contributed by atoms with Gasteiger partial charge < -0.3 is 34.9 Å². The van der Waals surface area contributed by atoms with Gasteiger partial charge in [-0.05, 0) is 58.4 Å². The highest BCUT2D eigenvalue weighted by atomic mass is 19.4. The Hall–Kier alpha value is -3.99. The minimum absolute atomic E-state index is 0.0425. The van der Waals surface area contributed by atoms with Crippen LogP contribution >= 0.6 is 0 Å². The Labute approximate surface area is 271 Å². The van der Waals surface area contributed by atoms with E-state index < -0.39 is 46.7 Å². The molecule has 7 fully saturated rings. The molecule has 1 aromatic carbocycles. The van der Waals surface area contributed by atoms with Gasteiger partial charge in [-0.25, -0.2) is 9.97 Å². The molecule has 4 bridgehead atoms. The van der Waals surface area contributed by atoms with Gasteiger partial charge in [-0.1, -0.05) is 0 Å². The van der Waals surface area contributed by atoms with Gasteiger partial charge in [-0.3, -0.25) is 14.5 Å². The van der Waals surface area contributed by atoms with E-state index in [1.807, 2.05) is 0 Å². The van der Waals surface area contributed by atoms with Crippen molar-refractivity contribution in [2.24, 2.45) is 5.41 Å². The number of hydrogen-bond acceptors (Lipinski definition) is 10. The molecular weight excluding hydrogens is 647 g/mol. The van der Waals surface area contributed by atoms with Crippen molar-refractivity contribution in [1.29, 1.82) is 0 Å². The van der Waals surface area contributed by atoms with Crippen molar-refractivity contribution < 1.29 is 50.5 Å². The molecule has 10 rings (SSSR count). The van der Waals surface area contributed by atoms with Gasteiger partial charge in [0.2, 0.25) is 5.88 Å². The SMILES string of the molecule is CC(C)Oc1ncnc(NC23CC(N4CCOCC4)(C2)C3)c1C(=O)Nc1cc2c(cc1C(=O)NC13CC(C(F)(F)F)(C1)C3)OC(F)(F)O2. The molecule has 6 saturated carbocycles. The van der Waals surface area contributed by atoms with E-state index in [9.17, 15) is 31.5 Å². The second-order valence-electron chi connectivity index (χ2n) is 14.3. The molecule has 12 nitrogen and oxygen atoms in total. The maximum atomic E-state index is 14.1. The van der Waals surface area contributed by atoms with Crippen LogP contribution in [0.1, 0.15) is 73.1 Å². The summed E-state index contributed by atoms with van der Waals surface area (Å²) in [7, 11) is 0. The van der Waals surface area contributed by atoms with Crippen LogP contribution in [0.5, 0.6) is 17.4 Å². The average Bonchev–Trinajstić information content (AvgIpc) is 3.22. The van der Waals surface area contributed by atoms with E-state index >= 15 is 0 Å². The van der Waals surface area contributed by atoms with Crippen molar-refractivity contribution in [3.05, 3.63) is 29.6 Å². The van der Waals surface area contributed by atoms with Gasteiger partial charge in [0.05, 0.1) is 36.0 Å². The Morgan fingerprint density at radius 3 is 2.21 bits per heavy atom. The van der Waals surface area contributed by atoms with Crippen molar-refractivity contribution >= 4 is 23.3 Å². The highest BCUT2D eigenvalue weighted by Gasteiger charge is 2.79. The molecule has 3 heterocycles. The van der Waals surface area contributed by atoms with E-state index in [1.54, 1.807) is 13.8 Å². The quantitative estimate of drug-likeness (QED) is 0.326. The number of fused-ring (bicyclic) bond motifs is 1. The fourth-order valence-electron chi connectivity index (χ4n) is 8.47. The lowest BCUT2D eigenvalue weighted by molar-refractivity contribution is -0.336. The molecule has 0 unspecified atom stereocenters. The van der Waals surface area contributed by atoms with Crippen LogP contribution in [0.15, 0.2) is 18.5 Å². The van der Waals surface area contributed by atoms with Crippen molar-refractivity contribution in [3.8, 4) is 17.4 Å². The van der Waals surface area contributed by atoms with E-state index in [4.69, 9.17) is 9.47 Å². The number of aromatic nitrogens is 2. The Balaban J connectivity index is 1.06. The second kappa shape index (κ2) is 10.0. The topological polar surface area (TPSA) is 136 Å². The number of nitrogens with one attached hydrogen (secondary N) is 3. The molecule has 2 amide bonds. The van der Waals surface area contributed by atoms with E-state index in [0.29, 0.717) is 13.2 Å². The number of ether oxygens (including phenoxy) is 4. The number of carbonyl (C=O) groups is 2. The third-order valence-electron chi connectivity index (χ3n) is 10.5. The van der Waals surface area contributed by atoms with Gasteiger partial charge in [0, 0.05) is 35.8 Å². The summed E-state index contributed by atoms with van der Waals surface area (Å²) in [5, 5.41) is 8.64. The standard InChI is InChI=1S/C31H33F5N6O6/c1-16(2)46-25-21(22(37-15-38-25)40-28-12-29(13-28,14-28)42-3-5-45-6-4-42)24(44)39-18-8-20-19(47-31(35,36)48-20)7-17(18)23(43)41-27-9-26(10-27,11-27)30(32,33)34/h7-8,15-16H,3-6,9-14H2,1-2H3,(H,39,44)(H,41,43)(H,37,38,40). The molecule has 2 aliphatic heterocycles. The zero-order valence-corrected chi connectivity index (χ0v) is 26.1. The Bertz CT molecular complexity index is 1670. The number of anilines is 2. The molecule has 3 N–H and O–H groups in total. The Morgan fingerprint density at radius 2 is 1.58 bits per heavy atom. The maximum absolute atomic E-state index is 14.1. The van der Waals surface area contributed by atoms with E-state index in [1.165, 1.54) is 6.33 Å². The van der Waals surface area contributed by atoms with Crippen LogP contribution in [0, 0.1) is 5.41 Å². The van der Waals surface area contributed by atoms with Crippen LogP contribution in [0.2, 0.25) is 0 Å². The molecule has 0 radical (unpaired) electrons. The van der Waals surface area contributed by atoms with Gasteiger partial charge in [-0.15, -0.1) is 8.78 Å². The number of halogens is 5. The summed E-state index contributed by atoms with van der Waals surface area (Å²) in [6, 6.07) is 1.97. The zero-order chi connectivity index (χ0) is 33.9. The number of rotatable bonds is 9. The van der Waals surface area contributed by atoms with Gasteiger partial charge in [0.1, 0.15) is 17.7 Å². The lowest BCUT2D eigenvalue weighted by Crippen LogP contribution is -2.82. The molecule has 48 heavy (non-hydrogen) atoms. The number of benzene rings is 1. The number of nitrogens with zero attached hydrogens (tertiary/aromatic N) is 3. The minimum Gasteiger partial charge on any atom is -0.474 e. The number of hydrogen-bond donors (Lipinski definition) is 3. The predicted molar refractivity (Wildman–Crippen MR) is 156 cm³/mol. The predicted octanol–water partition coefficient (Wildman–Crippen LogP) is 4.47. The molecule has 258 valence electrons. The molecule has 6 aliphatic carbocycles. The van der Waals surface area contributed by atoms with Gasteiger partial charge in [0.25, 0.3) is 11.8 Å². The van der Waals surface area contributed by atoms with Crippen LogP contribution in [-0.2, 0) is 4.74 Å². The van der Waals surface area contributed by atoms with Crippen LogP contribution in [-0.4, -0.2) is 88.2 Å². The minimum atomic E-state index is -4.40. The van der Waals surface area contributed by atoms with Crippen molar-refractivity contribution in [3.63, 3.8) is 0 Å². The third kappa shape index (κ3) is 4.82. The van der Waals surface area contributed by atoms with Gasteiger partial charge in [-0.2, -0.15) is 13.2 Å². The van der Waals surface area contributed by atoms with E-state index in [2.05, 4.69) is 40.3 Å². The molecule has 8 aliphatic rings. The summed E-state index contributed by atoms with van der Waals surface area (Å²) in [4.78, 5) is 38.5. The molecule has 1 aromatic heterocycles. The van der Waals surface area contributed by atoms with Crippen molar-refractivity contribution in [2.75, 3.05) is 36.9 Å². The summed E-state index contributed by atoms with van der Waals surface area (Å²) in [5.41, 5.74) is -3.77. The highest BCUT2D eigenvalue weighted by Crippen LogP contribution is 2.73. The first kappa shape index (κ1) is 31.3. The summed E-state index contributed by atoms with van der Waals surface area (Å²) < 4.78 is 88.8. The number of carbonyl (C=O) groups excluding carboxylic acids is 2. The Morgan fingerprint density at radius 1 is 0.938 bits per heavy atom. The van der Waals surface area contributed by atoms with Crippen LogP contribution in [0.25, 0.3) is 0 Å². The molecule has 2 aromatic rings. The normalized spacial score (nSPS) is 32.2. The van der Waals surface area contributed by atoms with Crippen LogP contribution in [0.3, 0.4) is 0 Å². The first-order valence-electron chi connectivity index (χ1n) is 15.8. The fourth-order valence-corrected chi connectivity index (χ4v) is 8.47. The summed E-state index contributed by atoms with van der Waals surface area (Å²) in [6.07, 6.45) is -5.92. The van der Waals surface area contributed by atoms with Crippen molar-refractivity contribution in [2.45, 2.75) is 87.6 Å². The molecule has 0 atom stereocenters.